The summed E-state index contributed by atoms with van der Waals surface area (Å²) < 4.78 is 0. The van der Waals surface area contributed by atoms with E-state index in [0.29, 0.717) is 33.7 Å². The first-order chi connectivity index (χ1) is 13.5. The number of thiophene rings is 1. The Hall–Kier alpha value is -3.78. The molecular formula is C20H12N2O5S. The van der Waals surface area contributed by atoms with E-state index in [1.807, 2.05) is 0 Å². The highest BCUT2D eigenvalue weighted by Crippen LogP contribution is 2.42. The first kappa shape index (κ1) is 17.6. The van der Waals surface area contributed by atoms with E-state index in [1.54, 1.807) is 41.8 Å². The number of imide groups is 1. The van der Waals surface area contributed by atoms with Crippen LogP contribution in [0.15, 0.2) is 47.8 Å². The van der Waals surface area contributed by atoms with Gasteiger partial charge in [-0.05, 0) is 12.1 Å². The van der Waals surface area contributed by atoms with Crippen molar-refractivity contribution in [1.82, 2.24) is 5.32 Å². The quantitative estimate of drug-likeness (QED) is 0.456. The van der Waals surface area contributed by atoms with Gasteiger partial charge in [-0.3, -0.25) is 19.7 Å². The van der Waals surface area contributed by atoms with E-state index in [0.717, 1.165) is 11.3 Å². The molecule has 0 radical (unpaired) electrons. The van der Waals surface area contributed by atoms with E-state index in [-0.39, 0.29) is 16.7 Å². The van der Waals surface area contributed by atoms with E-state index < -0.39 is 17.8 Å². The SMILES string of the molecule is O=CNc1ccccc1-c1csc(-c2cccc3c2C(=O)NC3=O)c1C(=O)O. The third kappa shape index (κ3) is 2.67. The van der Waals surface area contributed by atoms with Crippen LogP contribution < -0.4 is 10.6 Å². The topological polar surface area (TPSA) is 113 Å². The van der Waals surface area contributed by atoms with Gasteiger partial charge in [-0.2, -0.15) is 0 Å². The second-order valence-corrected chi connectivity index (χ2v) is 6.86. The second-order valence-electron chi connectivity index (χ2n) is 5.98. The molecule has 3 amide bonds. The average molecular weight is 392 g/mol. The van der Waals surface area contributed by atoms with Crippen molar-refractivity contribution in [2.45, 2.75) is 0 Å². The summed E-state index contributed by atoms with van der Waals surface area (Å²) in [5.41, 5.74) is 2.21. The standard InChI is InChI=1S/C20H12N2O5S/c23-9-21-14-7-2-1-4-10(14)13-8-28-17(16(13)20(26)27)11-5-3-6-12-15(11)19(25)22-18(12)24/h1-9H,(H,21,23)(H,26,27)(H,22,24,25). The number of benzene rings is 2. The Balaban J connectivity index is 1.97. The molecule has 2 heterocycles. The molecule has 0 bridgehead atoms. The number of carboxylic acid groups (broad SMARTS) is 1. The Labute approximate surface area is 162 Å². The first-order valence-corrected chi connectivity index (χ1v) is 9.04. The van der Waals surface area contributed by atoms with Gasteiger partial charge in [0.1, 0.15) is 0 Å². The molecule has 138 valence electrons. The van der Waals surface area contributed by atoms with Crippen LogP contribution in [0.1, 0.15) is 31.1 Å². The normalized spacial score (nSPS) is 12.4. The molecule has 8 heteroatoms. The number of carboxylic acids is 1. The lowest BCUT2D eigenvalue weighted by Crippen LogP contribution is -2.20. The van der Waals surface area contributed by atoms with Gasteiger partial charge in [0.2, 0.25) is 6.41 Å². The van der Waals surface area contributed by atoms with Crippen molar-refractivity contribution in [3.8, 4) is 21.6 Å². The Morgan fingerprint density at radius 2 is 1.68 bits per heavy atom. The molecule has 4 rings (SSSR count). The van der Waals surface area contributed by atoms with E-state index in [4.69, 9.17) is 0 Å². The van der Waals surface area contributed by atoms with E-state index >= 15 is 0 Å². The van der Waals surface area contributed by atoms with Crippen molar-refractivity contribution in [2.24, 2.45) is 0 Å². The third-order valence-electron chi connectivity index (χ3n) is 4.44. The van der Waals surface area contributed by atoms with Crippen LogP contribution >= 0.6 is 11.3 Å². The van der Waals surface area contributed by atoms with Crippen LogP contribution in [0.5, 0.6) is 0 Å². The van der Waals surface area contributed by atoms with Crippen molar-refractivity contribution >= 4 is 41.2 Å². The zero-order valence-corrected chi connectivity index (χ0v) is 15.0. The molecule has 0 unspecified atom stereocenters. The number of anilines is 1. The molecule has 3 aromatic rings. The number of hydrogen-bond acceptors (Lipinski definition) is 5. The van der Waals surface area contributed by atoms with Crippen LogP contribution in [0.3, 0.4) is 0 Å². The summed E-state index contributed by atoms with van der Waals surface area (Å²) in [6.45, 7) is 0. The molecule has 7 nitrogen and oxygen atoms in total. The van der Waals surface area contributed by atoms with Crippen LogP contribution in [0.25, 0.3) is 21.6 Å². The smallest absolute Gasteiger partial charge is 0.337 e. The molecule has 2 aromatic carbocycles. The minimum absolute atomic E-state index is 0.00528. The van der Waals surface area contributed by atoms with Crippen molar-refractivity contribution < 1.29 is 24.3 Å². The maximum atomic E-state index is 12.2. The first-order valence-electron chi connectivity index (χ1n) is 8.16. The Morgan fingerprint density at radius 1 is 0.964 bits per heavy atom. The highest BCUT2D eigenvalue weighted by Gasteiger charge is 2.32. The lowest BCUT2D eigenvalue weighted by atomic mass is 9.95. The number of nitrogens with one attached hydrogen (secondary N) is 2. The van der Waals surface area contributed by atoms with Gasteiger partial charge in [0.05, 0.1) is 21.6 Å². The number of rotatable bonds is 5. The number of carbonyl (C=O) groups excluding carboxylic acids is 3. The lowest BCUT2D eigenvalue weighted by molar-refractivity contribution is -0.105. The summed E-state index contributed by atoms with van der Waals surface area (Å²) in [7, 11) is 0. The predicted octanol–water partition coefficient (Wildman–Crippen LogP) is 3.23. The summed E-state index contributed by atoms with van der Waals surface area (Å²) >= 11 is 1.16. The molecule has 0 saturated carbocycles. The minimum Gasteiger partial charge on any atom is -0.478 e. The summed E-state index contributed by atoms with van der Waals surface area (Å²) in [5.74, 6) is -2.23. The number of fused-ring (bicyclic) bond motifs is 1. The molecule has 1 aliphatic rings. The van der Waals surface area contributed by atoms with E-state index in [2.05, 4.69) is 10.6 Å². The lowest BCUT2D eigenvalue weighted by Gasteiger charge is -2.10. The summed E-state index contributed by atoms with van der Waals surface area (Å²) in [5, 5.41) is 16.4. The van der Waals surface area contributed by atoms with Crippen LogP contribution in [0, 0.1) is 0 Å². The van der Waals surface area contributed by atoms with Crippen molar-refractivity contribution in [3.63, 3.8) is 0 Å². The molecule has 0 atom stereocenters. The minimum atomic E-state index is -1.17. The fraction of sp³-hybridized carbons (Fsp3) is 0. The van der Waals surface area contributed by atoms with E-state index in [1.165, 1.54) is 6.07 Å². The van der Waals surface area contributed by atoms with Gasteiger partial charge in [0, 0.05) is 27.8 Å². The summed E-state index contributed by atoms with van der Waals surface area (Å²) in [4.78, 5) is 47.6. The highest BCUT2D eigenvalue weighted by molar-refractivity contribution is 7.14. The van der Waals surface area contributed by atoms with Gasteiger partial charge in [-0.15, -0.1) is 11.3 Å². The van der Waals surface area contributed by atoms with Crippen LogP contribution in [0.2, 0.25) is 0 Å². The molecular weight excluding hydrogens is 380 g/mol. The van der Waals surface area contributed by atoms with Gasteiger partial charge in [0.15, 0.2) is 0 Å². The molecule has 0 fully saturated rings. The summed E-state index contributed by atoms with van der Waals surface area (Å²) in [6, 6.07) is 11.6. The van der Waals surface area contributed by atoms with Crippen LogP contribution in [-0.2, 0) is 4.79 Å². The van der Waals surface area contributed by atoms with Crippen molar-refractivity contribution in [1.29, 1.82) is 0 Å². The Kier molecular flexibility index (Phi) is 4.25. The Bertz CT molecular complexity index is 1170. The average Bonchev–Trinajstić information content (AvgIpc) is 3.24. The fourth-order valence-corrected chi connectivity index (χ4v) is 4.38. The molecule has 1 aliphatic heterocycles. The maximum Gasteiger partial charge on any atom is 0.337 e. The monoisotopic (exact) mass is 392 g/mol. The van der Waals surface area contributed by atoms with Crippen molar-refractivity contribution in [2.75, 3.05) is 5.32 Å². The number of para-hydroxylation sites is 1. The van der Waals surface area contributed by atoms with Crippen molar-refractivity contribution in [3.05, 3.63) is 64.5 Å². The Morgan fingerprint density at radius 3 is 2.43 bits per heavy atom. The molecule has 0 aliphatic carbocycles. The van der Waals surface area contributed by atoms with E-state index in [9.17, 15) is 24.3 Å². The van der Waals surface area contributed by atoms with Crippen LogP contribution in [0.4, 0.5) is 5.69 Å². The van der Waals surface area contributed by atoms with Gasteiger partial charge in [-0.1, -0.05) is 30.3 Å². The maximum absolute atomic E-state index is 12.2. The zero-order chi connectivity index (χ0) is 19.8. The number of carbonyl (C=O) groups is 4. The second kappa shape index (κ2) is 6.75. The molecule has 28 heavy (non-hydrogen) atoms. The zero-order valence-electron chi connectivity index (χ0n) is 14.2. The van der Waals surface area contributed by atoms with Gasteiger partial charge in [0.25, 0.3) is 11.8 Å². The summed E-state index contributed by atoms with van der Waals surface area (Å²) in [6.07, 6.45) is 0.520. The molecule has 3 N–H and O–H groups in total. The molecule has 1 aromatic heterocycles. The largest absolute Gasteiger partial charge is 0.478 e. The molecule has 0 saturated heterocycles. The number of amides is 3. The molecule has 0 spiro atoms. The number of aromatic carboxylic acids is 1. The number of hydrogen-bond donors (Lipinski definition) is 3. The van der Waals surface area contributed by atoms with Crippen LogP contribution in [-0.4, -0.2) is 29.3 Å². The highest BCUT2D eigenvalue weighted by atomic mass is 32.1. The third-order valence-corrected chi connectivity index (χ3v) is 5.46. The predicted molar refractivity (Wildman–Crippen MR) is 104 cm³/mol. The fourth-order valence-electron chi connectivity index (χ4n) is 3.28. The van der Waals surface area contributed by atoms with Gasteiger partial charge in [-0.25, -0.2) is 4.79 Å². The van der Waals surface area contributed by atoms with Gasteiger partial charge < -0.3 is 10.4 Å². The van der Waals surface area contributed by atoms with Gasteiger partial charge >= 0.3 is 5.97 Å².